The Morgan fingerprint density at radius 2 is 1.48 bits per heavy atom. The van der Waals surface area contributed by atoms with E-state index < -0.39 is 6.04 Å². The van der Waals surface area contributed by atoms with Gasteiger partial charge < -0.3 is 10.6 Å². The molecule has 0 radical (unpaired) electrons. The molecular formula is C18H22N2O. The van der Waals surface area contributed by atoms with Crippen LogP contribution in [-0.2, 0) is 4.79 Å². The SMILES string of the molecule is CCN(C(=O)C(N)c1ccc(C)cc1)c1ccc(C)cc1. The first kappa shape index (κ1) is 15.3. The Morgan fingerprint density at radius 1 is 1.00 bits per heavy atom. The molecule has 110 valence electrons. The molecule has 0 heterocycles. The normalized spacial score (nSPS) is 12.0. The fourth-order valence-corrected chi connectivity index (χ4v) is 2.27. The molecule has 0 aliphatic carbocycles. The molecule has 0 saturated heterocycles. The summed E-state index contributed by atoms with van der Waals surface area (Å²) < 4.78 is 0. The fourth-order valence-electron chi connectivity index (χ4n) is 2.27. The van der Waals surface area contributed by atoms with Gasteiger partial charge in [-0.3, -0.25) is 4.79 Å². The van der Waals surface area contributed by atoms with Crippen LogP contribution in [0, 0.1) is 13.8 Å². The minimum Gasteiger partial charge on any atom is -0.316 e. The van der Waals surface area contributed by atoms with Crippen LogP contribution in [-0.4, -0.2) is 12.5 Å². The zero-order chi connectivity index (χ0) is 15.4. The topological polar surface area (TPSA) is 46.3 Å². The van der Waals surface area contributed by atoms with Crippen molar-refractivity contribution < 1.29 is 4.79 Å². The van der Waals surface area contributed by atoms with Crippen LogP contribution in [0.15, 0.2) is 48.5 Å². The zero-order valence-electron chi connectivity index (χ0n) is 12.8. The van der Waals surface area contributed by atoms with E-state index in [1.807, 2.05) is 69.3 Å². The van der Waals surface area contributed by atoms with Crippen LogP contribution in [0.3, 0.4) is 0 Å². The van der Waals surface area contributed by atoms with Crippen LogP contribution >= 0.6 is 0 Å². The van der Waals surface area contributed by atoms with Gasteiger partial charge in [-0.15, -0.1) is 0 Å². The van der Waals surface area contributed by atoms with E-state index in [4.69, 9.17) is 5.73 Å². The summed E-state index contributed by atoms with van der Waals surface area (Å²) in [6.07, 6.45) is 0. The highest BCUT2D eigenvalue weighted by Crippen LogP contribution is 2.20. The number of likely N-dealkylation sites (N-methyl/N-ethyl adjacent to an activating group) is 1. The lowest BCUT2D eigenvalue weighted by Gasteiger charge is -2.25. The second-order valence-electron chi connectivity index (χ2n) is 5.31. The minimum atomic E-state index is -0.633. The summed E-state index contributed by atoms with van der Waals surface area (Å²) in [5.74, 6) is -0.0785. The quantitative estimate of drug-likeness (QED) is 0.934. The van der Waals surface area contributed by atoms with Gasteiger partial charge in [-0.05, 0) is 38.5 Å². The van der Waals surface area contributed by atoms with Gasteiger partial charge in [0.2, 0.25) is 5.91 Å². The largest absolute Gasteiger partial charge is 0.316 e. The smallest absolute Gasteiger partial charge is 0.248 e. The first-order chi connectivity index (χ1) is 10.0. The number of aryl methyl sites for hydroxylation is 2. The zero-order valence-corrected chi connectivity index (χ0v) is 12.8. The second-order valence-corrected chi connectivity index (χ2v) is 5.31. The maximum atomic E-state index is 12.6. The van der Waals surface area contributed by atoms with E-state index in [2.05, 4.69) is 0 Å². The van der Waals surface area contributed by atoms with E-state index in [0.29, 0.717) is 6.54 Å². The molecule has 3 heteroatoms. The van der Waals surface area contributed by atoms with Crippen LogP contribution in [0.5, 0.6) is 0 Å². The minimum absolute atomic E-state index is 0.0785. The summed E-state index contributed by atoms with van der Waals surface area (Å²) in [7, 11) is 0. The third-order valence-corrected chi connectivity index (χ3v) is 3.63. The summed E-state index contributed by atoms with van der Waals surface area (Å²) in [6, 6.07) is 15.1. The van der Waals surface area contributed by atoms with E-state index in [1.54, 1.807) is 4.90 Å². The predicted octanol–water partition coefficient (Wildman–Crippen LogP) is 3.36. The number of hydrogen-bond donors (Lipinski definition) is 1. The number of anilines is 1. The lowest BCUT2D eigenvalue weighted by Crippen LogP contribution is -2.38. The van der Waals surface area contributed by atoms with Crippen molar-refractivity contribution in [3.63, 3.8) is 0 Å². The molecule has 1 atom stereocenters. The number of rotatable bonds is 4. The van der Waals surface area contributed by atoms with Gasteiger partial charge in [0.1, 0.15) is 6.04 Å². The Kier molecular flexibility index (Phi) is 4.76. The maximum Gasteiger partial charge on any atom is 0.248 e. The van der Waals surface area contributed by atoms with Gasteiger partial charge in [0.05, 0.1) is 0 Å². The number of nitrogens with two attached hydrogens (primary N) is 1. The Bertz CT molecular complexity index is 602. The average Bonchev–Trinajstić information content (AvgIpc) is 2.50. The van der Waals surface area contributed by atoms with Crippen molar-refractivity contribution in [3.05, 3.63) is 65.2 Å². The van der Waals surface area contributed by atoms with E-state index in [9.17, 15) is 4.79 Å². The van der Waals surface area contributed by atoms with Gasteiger partial charge in [-0.1, -0.05) is 47.5 Å². The molecular weight excluding hydrogens is 260 g/mol. The lowest BCUT2D eigenvalue weighted by atomic mass is 10.0. The molecule has 0 aromatic heterocycles. The van der Waals surface area contributed by atoms with Gasteiger partial charge in [0.25, 0.3) is 0 Å². The number of benzene rings is 2. The fraction of sp³-hybridized carbons (Fsp3) is 0.278. The Morgan fingerprint density at radius 3 is 1.95 bits per heavy atom. The van der Waals surface area contributed by atoms with Crippen molar-refractivity contribution >= 4 is 11.6 Å². The van der Waals surface area contributed by atoms with E-state index in [1.165, 1.54) is 5.56 Å². The average molecular weight is 282 g/mol. The molecule has 2 N–H and O–H groups in total. The lowest BCUT2D eigenvalue weighted by molar-refractivity contribution is -0.119. The summed E-state index contributed by atoms with van der Waals surface area (Å²) in [5, 5.41) is 0. The molecule has 2 rings (SSSR count). The van der Waals surface area contributed by atoms with Crippen molar-refractivity contribution in [1.82, 2.24) is 0 Å². The third kappa shape index (κ3) is 3.50. The number of carbonyl (C=O) groups excluding carboxylic acids is 1. The van der Waals surface area contributed by atoms with Crippen molar-refractivity contribution in [1.29, 1.82) is 0 Å². The summed E-state index contributed by atoms with van der Waals surface area (Å²) in [4.78, 5) is 14.4. The monoisotopic (exact) mass is 282 g/mol. The molecule has 1 amide bonds. The van der Waals surface area contributed by atoms with E-state index in [-0.39, 0.29) is 5.91 Å². The van der Waals surface area contributed by atoms with Gasteiger partial charge in [0.15, 0.2) is 0 Å². The van der Waals surface area contributed by atoms with Crippen molar-refractivity contribution in [2.75, 3.05) is 11.4 Å². The van der Waals surface area contributed by atoms with Gasteiger partial charge in [-0.25, -0.2) is 0 Å². The van der Waals surface area contributed by atoms with Crippen molar-refractivity contribution in [2.45, 2.75) is 26.8 Å². The molecule has 0 aliphatic heterocycles. The first-order valence-corrected chi connectivity index (χ1v) is 7.23. The molecule has 1 unspecified atom stereocenters. The summed E-state index contributed by atoms with van der Waals surface area (Å²) in [6.45, 7) is 6.60. The number of carbonyl (C=O) groups is 1. The van der Waals surface area contributed by atoms with E-state index >= 15 is 0 Å². The molecule has 2 aromatic carbocycles. The standard InChI is InChI=1S/C18H22N2O/c1-4-20(16-11-7-14(3)8-12-16)18(21)17(19)15-9-5-13(2)6-10-15/h5-12,17H,4,19H2,1-3H3. The molecule has 0 bridgehead atoms. The number of hydrogen-bond acceptors (Lipinski definition) is 2. The summed E-state index contributed by atoms with van der Waals surface area (Å²) in [5.41, 5.74) is 10.2. The van der Waals surface area contributed by atoms with Gasteiger partial charge >= 0.3 is 0 Å². The van der Waals surface area contributed by atoms with E-state index in [0.717, 1.165) is 16.8 Å². The highest BCUT2D eigenvalue weighted by molar-refractivity contribution is 5.97. The van der Waals surface area contributed by atoms with Crippen molar-refractivity contribution in [3.8, 4) is 0 Å². The Balaban J connectivity index is 2.23. The Labute approximate surface area is 126 Å². The van der Waals surface area contributed by atoms with Gasteiger partial charge in [-0.2, -0.15) is 0 Å². The van der Waals surface area contributed by atoms with Crippen molar-refractivity contribution in [2.24, 2.45) is 5.73 Å². The maximum absolute atomic E-state index is 12.6. The molecule has 0 spiro atoms. The predicted molar refractivity (Wildman–Crippen MR) is 87.3 cm³/mol. The highest BCUT2D eigenvalue weighted by Gasteiger charge is 2.22. The summed E-state index contributed by atoms with van der Waals surface area (Å²) >= 11 is 0. The molecule has 3 nitrogen and oxygen atoms in total. The number of nitrogens with zero attached hydrogens (tertiary/aromatic N) is 1. The van der Waals surface area contributed by atoms with Gasteiger partial charge in [0, 0.05) is 12.2 Å². The number of amides is 1. The Hall–Kier alpha value is -2.13. The van der Waals surface area contributed by atoms with Crippen LogP contribution in [0.2, 0.25) is 0 Å². The first-order valence-electron chi connectivity index (χ1n) is 7.23. The molecule has 0 saturated carbocycles. The molecule has 0 aliphatic rings. The second kappa shape index (κ2) is 6.55. The molecule has 21 heavy (non-hydrogen) atoms. The van der Waals surface area contributed by atoms with Crippen LogP contribution < -0.4 is 10.6 Å². The molecule has 2 aromatic rings. The van der Waals surface area contributed by atoms with Crippen LogP contribution in [0.1, 0.15) is 29.7 Å². The highest BCUT2D eigenvalue weighted by atomic mass is 16.2. The third-order valence-electron chi connectivity index (χ3n) is 3.63. The van der Waals surface area contributed by atoms with Crippen LogP contribution in [0.4, 0.5) is 5.69 Å². The van der Waals surface area contributed by atoms with Crippen LogP contribution in [0.25, 0.3) is 0 Å². The molecule has 0 fully saturated rings.